The Morgan fingerprint density at radius 3 is 2.65 bits per heavy atom. The molecule has 160 valence electrons. The minimum Gasteiger partial charge on any atom is -0.496 e. The summed E-state index contributed by atoms with van der Waals surface area (Å²) in [7, 11) is 1.58. The number of aromatic nitrogens is 1. The van der Waals surface area contributed by atoms with Crippen LogP contribution in [0.4, 0.5) is 9.18 Å². The van der Waals surface area contributed by atoms with Crippen LogP contribution in [0.1, 0.15) is 24.0 Å². The molecule has 1 amide bonds. The number of aromatic amines is 1. The predicted molar refractivity (Wildman–Crippen MR) is 121 cm³/mol. The highest BCUT2D eigenvalue weighted by Gasteiger charge is 2.20. The molecule has 6 nitrogen and oxygen atoms in total. The molecule has 0 aliphatic rings. The largest absolute Gasteiger partial charge is 0.496 e. The Morgan fingerprint density at radius 2 is 2.00 bits per heavy atom. The lowest BCUT2D eigenvalue weighted by Crippen LogP contribution is -2.25. The molecule has 0 bridgehead atoms. The average Bonchev–Trinajstić information content (AvgIpc) is 3.15. The molecule has 2 heterocycles. The summed E-state index contributed by atoms with van der Waals surface area (Å²) < 4.78 is 20.1. The first kappa shape index (κ1) is 20.9. The third-order valence-corrected chi connectivity index (χ3v) is 6.37. The summed E-state index contributed by atoms with van der Waals surface area (Å²) in [5.74, 6) is 0.620. The molecule has 8 heteroatoms. The fourth-order valence-corrected chi connectivity index (χ4v) is 4.67. The highest BCUT2D eigenvalue weighted by molar-refractivity contribution is 7.17. The highest BCUT2D eigenvalue weighted by Crippen LogP contribution is 2.42. The molecule has 0 fully saturated rings. The van der Waals surface area contributed by atoms with Crippen LogP contribution in [0.15, 0.2) is 41.2 Å². The minimum atomic E-state index is -1.06. The lowest BCUT2D eigenvalue weighted by Gasteiger charge is -2.17. The van der Waals surface area contributed by atoms with Gasteiger partial charge in [-0.05, 0) is 41.7 Å². The standard InChI is InChI=1S/C23H21FN2O4S/c1-11-8-16(30-3)18(14-6-4-13(5-7-14)12(2)10-25-23(28)29)19-15-9-17(24)31-21(15)22(27)26-20(11)19/h4-9,12,25H,10H2,1-3H3,(H,26,27)(H,28,29). The van der Waals surface area contributed by atoms with Crippen molar-refractivity contribution in [2.75, 3.05) is 13.7 Å². The number of hydrogen-bond acceptors (Lipinski definition) is 4. The molecule has 3 N–H and O–H groups in total. The van der Waals surface area contributed by atoms with Gasteiger partial charge in [0.15, 0.2) is 5.13 Å². The topological polar surface area (TPSA) is 91.4 Å². The zero-order chi connectivity index (χ0) is 22.3. The molecule has 0 spiro atoms. The van der Waals surface area contributed by atoms with Gasteiger partial charge in [-0.15, -0.1) is 11.3 Å². The number of pyridine rings is 1. The number of carboxylic acid groups (broad SMARTS) is 1. The van der Waals surface area contributed by atoms with Crippen LogP contribution in [0.25, 0.3) is 32.1 Å². The van der Waals surface area contributed by atoms with Crippen LogP contribution in [0.2, 0.25) is 0 Å². The first-order valence-corrected chi connectivity index (χ1v) is 10.5. The van der Waals surface area contributed by atoms with E-state index in [-0.39, 0.29) is 11.5 Å². The van der Waals surface area contributed by atoms with Crippen molar-refractivity contribution < 1.29 is 19.0 Å². The van der Waals surface area contributed by atoms with Gasteiger partial charge < -0.3 is 20.1 Å². The lowest BCUT2D eigenvalue weighted by atomic mass is 9.93. The van der Waals surface area contributed by atoms with E-state index in [1.54, 1.807) is 7.11 Å². The minimum absolute atomic E-state index is 0.00385. The van der Waals surface area contributed by atoms with Crippen LogP contribution in [0.3, 0.4) is 0 Å². The van der Waals surface area contributed by atoms with Crippen molar-refractivity contribution in [3.8, 4) is 16.9 Å². The fraction of sp³-hybridized carbons (Fsp3) is 0.217. The van der Waals surface area contributed by atoms with Gasteiger partial charge in [-0.2, -0.15) is 4.39 Å². The lowest BCUT2D eigenvalue weighted by molar-refractivity contribution is 0.194. The van der Waals surface area contributed by atoms with E-state index in [0.29, 0.717) is 27.9 Å². The van der Waals surface area contributed by atoms with Gasteiger partial charge in [0.1, 0.15) is 10.4 Å². The van der Waals surface area contributed by atoms with Crippen molar-refractivity contribution >= 4 is 38.4 Å². The quantitative estimate of drug-likeness (QED) is 0.396. The number of ether oxygens (including phenoxy) is 1. The summed E-state index contributed by atoms with van der Waals surface area (Å²) in [5.41, 5.74) is 3.76. The van der Waals surface area contributed by atoms with Crippen LogP contribution in [-0.4, -0.2) is 29.8 Å². The number of fused-ring (bicyclic) bond motifs is 3. The Labute approximate surface area is 181 Å². The van der Waals surface area contributed by atoms with Crippen LogP contribution >= 0.6 is 11.3 Å². The molecule has 4 rings (SSSR count). The molecule has 2 aromatic heterocycles. The number of amides is 1. The van der Waals surface area contributed by atoms with Crippen LogP contribution < -0.4 is 15.6 Å². The van der Waals surface area contributed by atoms with Crippen molar-refractivity contribution in [1.29, 1.82) is 0 Å². The van der Waals surface area contributed by atoms with Crippen molar-refractivity contribution in [1.82, 2.24) is 10.3 Å². The number of hydrogen-bond donors (Lipinski definition) is 3. The molecule has 0 aliphatic heterocycles. The van der Waals surface area contributed by atoms with Gasteiger partial charge in [0, 0.05) is 22.9 Å². The Hall–Kier alpha value is -3.39. The molecule has 31 heavy (non-hydrogen) atoms. The van der Waals surface area contributed by atoms with Gasteiger partial charge in [-0.1, -0.05) is 31.2 Å². The summed E-state index contributed by atoms with van der Waals surface area (Å²) >= 11 is 0.825. The van der Waals surface area contributed by atoms with Crippen LogP contribution in [0.5, 0.6) is 5.75 Å². The third-order valence-electron chi connectivity index (χ3n) is 5.45. The Kier molecular flexibility index (Phi) is 5.41. The van der Waals surface area contributed by atoms with Crippen LogP contribution in [-0.2, 0) is 0 Å². The van der Waals surface area contributed by atoms with E-state index >= 15 is 0 Å². The highest BCUT2D eigenvalue weighted by atomic mass is 32.1. The predicted octanol–water partition coefficient (Wildman–Crippen LogP) is 5.24. The van der Waals surface area contributed by atoms with Gasteiger partial charge in [-0.25, -0.2) is 4.79 Å². The molecule has 1 unspecified atom stereocenters. The van der Waals surface area contributed by atoms with E-state index in [9.17, 15) is 14.0 Å². The van der Waals surface area contributed by atoms with Crippen molar-refractivity contribution in [2.24, 2.45) is 0 Å². The first-order chi connectivity index (χ1) is 14.8. The molecule has 0 saturated carbocycles. The molecule has 0 radical (unpaired) electrons. The Morgan fingerprint density at radius 1 is 1.29 bits per heavy atom. The third kappa shape index (κ3) is 3.74. The SMILES string of the molecule is COc1cc(C)c2[nH]c(=O)c3sc(F)cc3c2c1-c1ccc(C(C)CNC(=O)O)cc1. The summed E-state index contributed by atoms with van der Waals surface area (Å²) in [6, 6.07) is 11.0. The summed E-state index contributed by atoms with van der Waals surface area (Å²) in [4.78, 5) is 26.2. The summed E-state index contributed by atoms with van der Waals surface area (Å²) in [6.45, 7) is 4.12. The number of carbonyl (C=O) groups is 1. The molecule has 4 aromatic rings. The molecule has 1 atom stereocenters. The Balaban J connectivity index is 1.93. The first-order valence-electron chi connectivity index (χ1n) is 9.70. The number of methoxy groups -OCH3 is 1. The number of rotatable bonds is 5. The van der Waals surface area contributed by atoms with E-state index in [2.05, 4.69) is 10.3 Å². The van der Waals surface area contributed by atoms with Gasteiger partial charge >= 0.3 is 6.09 Å². The zero-order valence-electron chi connectivity index (χ0n) is 17.2. The molecule has 0 saturated heterocycles. The van der Waals surface area contributed by atoms with E-state index in [0.717, 1.165) is 39.0 Å². The number of halogens is 1. The number of thiophene rings is 1. The maximum absolute atomic E-state index is 14.1. The maximum atomic E-state index is 14.1. The average molecular weight is 440 g/mol. The van der Waals surface area contributed by atoms with Crippen molar-refractivity contribution in [2.45, 2.75) is 19.8 Å². The monoisotopic (exact) mass is 440 g/mol. The molecule has 0 aliphatic carbocycles. The Bertz CT molecular complexity index is 1360. The van der Waals surface area contributed by atoms with Crippen molar-refractivity contribution in [3.63, 3.8) is 0 Å². The normalized spacial score (nSPS) is 12.3. The van der Waals surface area contributed by atoms with Gasteiger partial charge in [0.25, 0.3) is 5.56 Å². The second kappa shape index (κ2) is 8.03. The van der Waals surface area contributed by atoms with Gasteiger partial charge in [0.05, 0.1) is 12.6 Å². The number of benzene rings is 2. The summed E-state index contributed by atoms with van der Waals surface area (Å²) in [6.07, 6.45) is -1.06. The van der Waals surface area contributed by atoms with E-state index in [1.165, 1.54) is 6.07 Å². The second-order valence-electron chi connectivity index (χ2n) is 7.48. The number of H-pyrrole nitrogens is 1. The molecular weight excluding hydrogens is 419 g/mol. The second-order valence-corrected chi connectivity index (χ2v) is 8.48. The number of nitrogens with one attached hydrogen (secondary N) is 2. The maximum Gasteiger partial charge on any atom is 0.404 e. The summed E-state index contributed by atoms with van der Waals surface area (Å²) in [5, 5.41) is 12.1. The van der Waals surface area contributed by atoms with Gasteiger partial charge in [-0.3, -0.25) is 4.79 Å². The van der Waals surface area contributed by atoms with E-state index < -0.39 is 11.2 Å². The smallest absolute Gasteiger partial charge is 0.404 e. The molecule has 2 aromatic carbocycles. The van der Waals surface area contributed by atoms with Crippen molar-refractivity contribution in [3.05, 3.63) is 63.0 Å². The van der Waals surface area contributed by atoms with E-state index in [4.69, 9.17) is 9.84 Å². The van der Waals surface area contributed by atoms with Gasteiger partial charge in [0.2, 0.25) is 0 Å². The zero-order valence-corrected chi connectivity index (χ0v) is 18.0. The molecular formula is C23H21FN2O4S. The van der Waals surface area contributed by atoms with Crippen LogP contribution in [0, 0.1) is 12.1 Å². The van der Waals surface area contributed by atoms with E-state index in [1.807, 2.05) is 44.2 Å². The fourth-order valence-electron chi connectivity index (χ4n) is 3.89. The number of aryl methyl sites for hydroxylation is 1.